The number of rotatable bonds is 1. The van der Waals surface area contributed by atoms with Gasteiger partial charge in [-0.3, -0.25) is 0 Å². The van der Waals surface area contributed by atoms with Crippen LogP contribution in [-0.2, 0) is 0 Å². The third kappa shape index (κ3) is 1.77. The van der Waals surface area contributed by atoms with E-state index >= 15 is 0 Å². The Bertz CT molecular complexity index is 283. The van der Waals surface area contributed by atoms with Gasteiger partial charge in [0.25, 0.3) is 0 Å². The topological polar surface area (TPSA) is 32.6 Å². The van der Waals surface area contributed by atoms with Crippen molar-refractivity contribution in [2.24, 2.45) is 5.16 Å². The molecule has 0 fully saturated rings. The van der Waals surface area contributed by atoms with E-state index in [1.165, 1.54) is 6.07 Å². The van der Waals surface area contributed by atoms with Gasteiger partial charge in [-0.1, -0.05) is 17.3 Å². The average Bonchev–Trinajstić information content (AvgIpc) is 1.95. The molecule has 0 heterocycles. The van der Waals surface area contributed by atoms with E-state index in [4.69, 9.17) is 5.21 Å². The van der Waals surface area contributed by atoms with Gasteiger partial charge in [0.2, 0.25) is 0 Å². The van der Waals surface area contributed by atoms with Crippen LogP contribution in [0.4, 0.5) is 4.39 Å². The minimum Gasteiger partial charge on any atom is -0.411 e. The molecule has 0 spiro atoms. The van der Waals surface area contributed by atoms with Crippen LogP contribution in [-0.4, -0.2) is 11.4 Å². The summed E-state index contributed by atoms with van der Waals surface area (Å²) in [7, 11) is 0. The van der Waals surface area contributed by atoms with Crippen molar-refractivity contribution in [3.05, 3.63) is 35.1 Å². The second-order valence-electron chi connectivity index (χ2n) is 2.27. The minimum atomic E-state index is -0.372. The highest BCUT2D eigenvalue weighted by Gasteiger charge is 1.97. The molecule has 0 saturated carbocycles. The molecule has 58 valence electrons. The van der Waals surface area contributed by atoms with E-state index in [1.54, 1.807) is 19.1 Å². The molecule has 0 bridgehead atoms. The Hall–Kier alpha value is -1.38. The van der Waals surface area contributed by atoms with Crippen molar-refractivity contribution in [3.8, 4) is 0 Å². The molecule has 0 aliphatic heterocycles. The van der Waals surface area contributed by atoms with Crippen molar-refractivity contribution in [3.63, 3.8) is 0 Å². The number of benzene rings is 1. The van der Waals surface area contributed by atoms with E-state index < -0.39 is 0 Å². The first-order valence-corrected chi connectivity index (χ1v) is 3.17. The maximum absolute atomic E-state index is 12.8. The standard InChI is InChI=1S/C8H8FNO/c1-6-2-3-7(5-10-11)8(9)4-6/h2-5,11H,1H3/b10-5+. The molecule has 1 aromatic rings. The molecular formula is C8H8FNO. The maximum Gasteiger partial charge on any atom is 0.132 e. The number of oxime groups is 1. The van der Waals surface area contributed by atoms with Crippen molar-refractivity contribution in [2.45, 2.75) is 6.92 Å². The van der Waals surface area contributed by atoms with Crippen LogP contribution in [0, 0.1) is 12.7 Å². The molecule has 0 radical (unpaired) electrons. The van der Waals surface area contributed by atoms with Gasteiger partial charge in [0.05, 0.1) is 6.21 Å². The molecule has 11 heavy (non-hydrogen) atoms. The van der Waals surface area contributed by atoms with Crippen LogP contribution < -0.4 is 0 Å². The molecule has 0 aliphatic carbocycles. The van der Waals surface area contributed by atoms with Gasteiger partial charge in [0.15, 0.2) is 0 Å². The van der Waals surface area contributed by atoms with Crippen LogP contribution >= 0.6 is 0 Å². The summed E-state index contributed by atoms with van der Waals surface area (Å²) in [6.45, 7) is 1.79. The molecule has 2 nitrogen and oxygen atoms in total. The molecule has 1 aromatic carbocycles. The quantitative estimate of drug-likeness (QED) is 0.373. The zero-order chi connectivity index (χ0) is 8.27. The van der Waals surface area contributed by atoms with Gasteiger partial charge < -0.3 is 5.21 Å². The lowest BCUT2D eigenvalue weighted by Gasteiger charge is -1.95. The largest absolute Gasteiger partial charge is 0.411 e. The molecule has 0 aliphatic rings. The predicted octanol–water partition coefficient (Wildman–Crippen LogP) is 1.94. The third-order valence-electron chi connectivity index (χ3n) is 1.35. The Kier molecular flexibility index (Phi) is 2.21. The molecule has 0 aromatic heterocycles. The number of hydrogen-bond donors (Lipinski definition) is 1. The predicted molar refractivity (Wildman–Crippen MR) is 40.5 cm³/mol. The van der Waals surface area contributed by atoms with Crippen LogP contribution in [0.5, 0.6) is 0 Å². The van der Waals surface area contributed by atoms with Gasteiger partial charge in [0, 0.05) is 5.56 Å². The summed E-state index contributed by atoms with van der Waals surface area (Å²) in [5.74, 6) is -0.372. The smallest absolute Gasteiger partial charge is 0.132 e. The zero-order valence-electron chi connectivity index (χ0n) is 6.08. The Labute approximate surface area is 64.0 Å². The van der Waals surface area contributed by atoms with Crippen molar-refractivity contribution in [2.75, 3.05) is 0 Å². The monoisotopic (exact) mass is 153 g/mol. The van der Waals surface area contributed by atoms with Crippen molar-refractivity contribution >= 4 is 6.21 Å². The number of hydrogen-bond acceptors (Lipinski definition) is 2. The summed E-state index contributed by atoms with van der Waals surface area (Å²) in [4.78, 5) is 0. The summed E-state index contributed by atoms with van der Waals surface area (Å²) in [6, 6.07) is 4.70. The highest BCUT2D eigenvalue weighted by atomic mass is 19.1. The summed E-state index contributed by atoms with van der Waals surface area (Å²) in [5.41, 5.74) is 1.13. The Morgan fingerprint density at radius 3 is 2.82 bits per heavy atom. The lowest BCUT2D eigenvalue weighted by atomic mass is 10.1. The lowest BCUT2D eigenvalue weighted by molar-refractivity contribution is 0.321. The van der Waals surface area contributed by atoms with Crippen molar-refractivity contribution in [1.82, 2.24) is 0 Å². The van der Waals surface area contributed by atoms with E-state index in [0.717, 1.165) is 11.8 Å². The van der Waals surface area contributed by atoms with Gasteiger partial charge in [-0.25, -0.2) is 4.39 Å². The average molecular weight is 153 g/mol. The summed E-state index contributed by atoms with van der Waals surface area (Å²) in [5, 5.41) is 10.8. The van der Waals surface area contributed by atoms with Crippen LogP contribution in [0.2, 0.25) is 0 Å². The van der Waals surface area contributed by atoms with Gasteiger partial charge in [-0.05, 0) is 18.6 Å². The normalized spacial score (nSPS) is 10.7. The van der Waals surface area contributed by atoms with Crippen LogP contribution in [0.25, 0.3) is 0 Å². The summed E-state index contributed by atoms with van der Waals surface area (Å²) in [6.07, 6.45) is 1.06. The van der Waals surface area contributed by atoms with Gasteiger partial charge >= 0.3 is 0 Å². The van der Waals surface area contributed by atoms with E-state index in [2.05, 4.69) is 5.16 Å². The zero-order valence-corrected chi connectivity index (χ0v) is 6.08. The number of halogens is 1. The molecular weight excluding hydrogens is 145 g/mol. The Balaban J connectivity index is 3.09. The molecule has 1 rings (SSSR count). The van der Waals surface area contributed by atoms with Gasteiger partial charge in [-0.15, -0.1) is 0 Å². The van der Waals surface area contributed by atoms with E-state index in [-0.39, 0.29) is 11.4 Å². The minimum absolute atomic E-state index is 0.290. The van der Waals surface area contributed by atoms with E-state index in [1.807, 2.05) is 0 Å². The Morgan fingerprint density at radius 1 is 1.55 bits per heavy atom. The van der Waals surface area contributed by atoms with Crippen molar-refractivity contribution in [1.29, 1.82) is 0 Å². The van der Waals surface area contributed by atoms with E-state index in [9.17, 15) is 4.39 Å². The first kappa shape index (κ1) is 7.72. The van der Waals surface area contributed by atoms with Gasteiger partial charge in [0.1, 0.15) is 5.82 Å². The number of aryl methyl sites for hydroxylation is 1. The fourth-order valence-corrected chi connectivity index (χ4v) is 0.799. The highest BCUT2D eigenvalue weighted by molar-refractivity contribution is 5.79. The Morgan fingerprint density at radius 2 is 2.27 bits per heavy atom. The third-order valence-corrected chi connectivity index (χ3v) is 1.35. The first-order chi connectivity index (χ1) is 5.24. The van der Waals surface area contributed by atoms with E-state index in [0.29, 0.717) is 0 Å². The number of nitrogens with zero attached hydrogens (tertiary/aromatic N) is 1. The molecule has 0 atom stereocenters. The second-order valence-corrected chi connectivity index (χ2v) is 2.27. The molecule has 0 unspecified atom stereocenters. The second kappa shape index (κ2) is 3.14. The van der Waals surface area contributed by atoms with Gasteiger partial charge in [-0.2, -0.15) is 0 Å². The molecule has 3 heteroatoms. The maximum atomic E-state index is 12.8. The highest BCUT2D eigenvalue weighted by Crippen LogP contribution is 2.06. The van der Waals surface area contributed by atoms with Crippen LogP contribution in [0.15, 0.2) is 23.4 Å². The van der Waals surface area contributed by atoms with Crippen molar-refractivity contribution < 1.29 is 9.60 Å². The molecule has 0 amide bonds. The van der Waals surface area contributed by atoms with Crippen LogP contribution in [0.3, 0.4) is 0 Å². The molecule has 0 saturated heterocycles. The first-order valence-electron chi connectivity index (χ1n) is 3.17. The van der Waals surface area contributed by atoms with Crippen LogP contribution in [0.1, 0.15) is 11.1 Å². The molecule has 1 N–H and O–H groups in total. The fraction of sp³-hybridized carbons (Fsp3) is 0.125. The summed E-state index contributed by atoms with van der Waals surface area (Å²) >= 11 is 0. The summed E-state index contributed by atoms with van der Waals surface area (Å²) < 4.78 is 12.8. The fourth-order valence-electron chi connectivity index (χ4n) is 0.799. The SMILES string of the molecule is Cc1ccc(/C=N/O)c(F)c1. The lowest BCUT2D eigenvalue weighted by Crippen LogP contribution is -1.88.